The van der Waals surface area contributed by atoms with Crippen molar-refractivity contribution < 1.29 is 14.7 Å². The first-order valence-corrected chi connectivity index (χ1v) is 15.4. The van der Waals surface area contributed by atoms with E-state index in [1.54, 1.807) is 17.7 Å². The van der Waals surface area contributed by atoms with E-state index in [9.17, 15) is 14.7 Å². The first-order valence-electron chi connectivity index (χ1n) is 15.0. The number of rotatable bonds is 7. The fraction of sp³-hybridized carbons (Fsp3) is 0.406. The zero-order valence-electron chi connectivity index (χ0n) is 26.1. The van der Waals surface area contributed by atoms with Crippen LogP contribution in [0.4, 0.5) is 5.82 Å². The Kier molecular flexibility index (Phi) is 8.25. The van der Waals surface area contributed by atoms with Crippen LogP contribution < -0.4 is 11.1 Å². The third-order valence-corrected chi connectivity index (χ3v) is 9.34. The van der Waals surface area contributed by atoms with Gasteiger partial charge in [-0.3, -0.25) is 14.5 Å². The highest BCUT2D eigenvalue weighted by Gasteiger charge is 2.36. The Morgan fingerprint density at radius 2 is 1.80 bits per heavy atom. The van der Waals surface area contributed by atoms with Crippen LogP contribution in [0.3, 0.4) is 0 Å². The molecule has 0 fully saturated rings. The van der Waals surface area contributed by atoms with E-state index < -0.39 is 12.0 Å². The van der Waals surface area contributed by atoms with E-state index in [-0.39, 0.29) is 23.6 Å². The molecule has 0 saturated carbocycles. The van der Waals surface area contributed by atoms with E-state index in [0.29, 0.717) is 42.5 Å². The summed E-state index contributed by atoms with van der Waals surface area (Å²) in [6, 6.07) is 7.46. The van der Waals surface area contributed by atoms with E-state index in [1.807, 2.05) is 56.9 Å². The zero-order valence-corrected chi connectivity index (χ0v) is 26.9. The van der Waals surface area contributed by atoms with Gasteiger partial charge in [0.1, 0.15) is 0 Å². The van der Waals surface area contributed by atoms with Gasteiger partial charge in [-0.2, -0.15) is 0 Å². The number of likely N-dealkylation sites (N-methyl/N-ethyl adjacent to an activating group) is 1. The number of nitrogens with zero attached hydrogens (tertiary/aromatic N) is 7. The highest BCUT2D eigenvalue weighted by molar-refractivity contribution is 6.36. The van der Waals surface area contributed by atoms with Gasteiger partial charge in [0, 0.05) is 76.3 Å². The van der Waals surface area contributed by atoms with Gasteiger partial charge < -0.3 is 30.2 Å². The summed E-state index contributed by atoms with van der Waals surface area (Å²) in [5.41, 5.74) is 12.8. The minimum Gasteiger partial charge on any atom is -0.392 e. The van der Waals surface area contributed by atoms with Gasteiger partial charge in [-0.15, -0.1) is 0 Å². The quantitative estimate of drug-likeness (QED) is 0.282. The fourth-order valence-electron chi connectivity index (χ4n) is 6.73. The molecule has 0 bridgehead atoms. The van der Waals surface area contributed by atoms with Crippen LogP contribution in [0.15, 0.2) is 30.5 Å². The maximum atomic E-state index is 13.4. The molecule has 45 heavy (non-hydrogen) atoms. The van der Waals surface area contributed by atoms with Crippen LogP contribution in [0.5, 0.6) is 0 Å². The number of primary amides is 1. The van der Waals surface area contributed by atoms with Crippen molar-refractivity contribution in [3.63, 3.8) is 0 Å². The van der Waals surface area contributed by atoms with Gasteiger partial charge in [0.2, 0.25) is 0 Å². The number of nitrogens with two attached hydrogens (primary N) is 1. The minimum absolute atomic E-state index is 0.204. The number of hydrogen-bond donors (Lipinski definition) is 3. The maximum absolute atomic E-state index is 13.4. The highest BCUT2D eigenvalue weighted by atomic mass is 35.5. The van der Waals surface area contributed by atoms with Gasteiger partial charge in [-0.05, 0) is 43.7 Å². The standard InChI is InChI=1S/C32H38ClN9O3/c1-17(43)15-42-14-11-24-26(37-30(28(34)44)41(24)5)27(42)20-8-6-7-19(18(20)2)21-9-12-35-29(25(21)33)38-32(45)31-36-22-16-39(3)13-10-23(22)40(31)4/h6-9,12,17,27,43H,10-11,13-16H2,1-5H3,(H2,34,44)(H,35,38,45). The van der Waals surface area contributed by atoms with Crippen molar-refractivity contribution >= 4 is 29.2 Å². The van der Waals surface area contributed by atoms with Crippen LogP contribution in [0, 0.1) is 6.92 Å². The molecule has 12 nitrogen and oxygen atoms in total. The number of anilines is 1. The molecule has 13 heteroatoms. The number of pyridine rings is 1. The van der Waals surface area contributed by atoms with Crippen molar-refractivity contribution in [2.75, 3.05) is 32.0 Å². The number of hydrogen-bond acceptors (Lipinski definition) is 8. The third-order valence-electron chi connectivity index (χ3n) is 8.95. The second-order valence-electron chi connectivity index (χ2n) is 12.1. The Bertz CT molecular complexity index is 1810. The van der Waals surface area contributed by atoms with Crippen molar-refractivity contribution in [1.82, 2.24) is 33.9 Å². The van der Waals surface area contributed by atoms with Crippen molar-refractivity contribution in [2.24, 2.45) is 19.8 Å². The predicted octanol–water partition coefficient (Wildman–Crippen LogP) is 2.84. The van der Waals surface area contributed by atoms with Crippen molar-refractivity contribution in [1.29, 1.82) is 0 Å². The molecule has 0 radical (unpaired) electrons. The summed E-state index contributed by atoms with van der Waals surface area (Å²) in [5, 5.41) is 13.6. The number of β-amino-alcohol motifs (C(OH)–C–C–N with tert-alkyl or cyclic N) is 1. The second kappa shape index (κ2) is 12.0. The molecule has 0 saturated heterocycles. The SMILES string of the molecule is Cc1c(-c2ccnc(NC(=O)c3nc4c(n3C)CCN(C)C4)c2Cl)cccc1C1c2nc(C(N)=O)n(C)c2CCN1CC(C)O. The molecule has 4 aromatic rings. The van der Waals surface area contributed by atoms with Gasteiger partial charge >= 0.3 is 0 Å². The maximum Gasteiger partial charge on any atom is 0.292 e. The molecule has 6 rings (SSSR count). The number of fused-ring (bicyclic) bond motifs is 2. The Hall–Kier alpha value is -4.10. The van der Waals surface area contributed by atoms with Gasteiger partial charge in [0.15, 0.2) is 17.5 Å². The predicted molar refractivity (Wildman–Crippen MR) is 171 cm³/mol. The number of halogens is 1. The number of benzene rings is 1. The number of carbonyl (C=O) groups is 2. The average molecular weight is 632 g/mol. The molecule has 2 aliphatic rings. The second-order valence-corrected chi connectivity index (χ2v) is 12.4. The summed E-state index contributed by atoms with van der Waals surface area (Å²) < 4.78 is 3.62. The number of aromatic nitrogens is 5. The molecule has 2 aliphatic heterocycles. The fourth-order valence-corrected chi connectivity index (χ4v) is 6.99. The molecule has 4 N–H and O–H groups in total. The van der Waals surface area contributed by atoms with Gasteiger partial charge in [-0.25, -0.2) is 15.0 Å². The minimum atomic E-state index is -0.589. The lowest BCUT2D eigenvalue weighted by Gasteiger charge is -2.37. The topological polar surface area (TPSA) is 147 Å². The summed E-state index contributed by atoms with van der Waals surface area (Å²) in [4.78, 5) is 43.7. The molecule has 1 aromatic carbocycles. The Morgan fingerprint density at radius 1 is 1.07 bits per heavy atom. The number of amides is 2. The Balaban J connectivity index is 1.37. The summed E-state index contributed by atoms with van der Waals surface area (Å²) >= 11 is 6.96. The number of aliphatic hydroxyl groups excluding tert-OH is 1. The smallest absolute Gasteiger partial charge is 0.292 e. The van der Waals surface area contributed by atoms with E-state index in [1.165, 1.54) is 0 Å². The first kappa shape index (κ1) is 30.9. The van der Waals surface area contributed by atoms with Crippen LogP contribution in [0.25, 0.3) is 11.1 Å². The third kappa shape index (κ3) is 5.52. The van der Waals surface area contributed by atoms with Crippen molar-refractivity contribution in [3.05, 3.63) is 81.0 Å². The van der Waals surface area contributed by atoms with Crippen LogP contribution in [0.2, 0.25) is 5.02 Å². The lowest BCUT2D eigenvalue weighted by Crippen LogP contribution is -2.40. The first-order chi connectivity index (χ1) is 21.5. The molecule has 2 unspecified atom stereocenters. The number of aliphatic hydroxyl groups is 1. The number of carbonyl (C=O) groups excluding carboxylic acids is 2. The van der Waals surface area contributed by atoms with Crippen LogP contribution >= 0.6 is 11.6 Å². The molecular formula is C32H38ClN9O3. The average Bonchev–Trinajstić information content (AvgIpc) is 3.50. The van der Waals surface area contributed by atoms with Crippen molar-refractivity contribution in [3.8, 4) is 11.1 Å². The largest absolute Gasteiger partial charge is 0.392 e. The monoisotopic (exact) mass is 631 g/mol. The Morgan fingerprint density at radius 3 is 2.53 bits per heavy atom. The lowest BCUT2D eigenvalue weighted by molar-refractivity contribution is 0.0983. The zero-order chi connectivity index (χ0) is 32.2. The van der Waals surface area contributed by atoms with E-state index in [0.717, 1.165) is 52.4 Å². The summed E-state index contributed by atoms with van der Waals surface area (Å²) in [7, 11) is 5.70. The van der Waals surface area contributed by atoms with Gasteiger partial charge in [-0.1, -0.05) is 29.8 Å². The summed E-state index contributed by atoms with van der Waals surface area (Å²) in [6.07, 6.45) is 2.55. The van der Waals surface area contributed by atoms with Crippen molar-refractivity contribution in [2.45, 2.75) is 45.4 Å². The molecule has 0 aliphatic carbocycles. The summed E-state index contributed by atoms with van der Waals surface area (Å²) in [6.45, 7) is 6.47. The molecule has 0 spiro atoms. The molecule has 236 valence electrons. The van der Waals surface area contributed by atoms with Gasteiger partial charge in [0.05, 0.1) is 28.6 Å². The van der Waals surface area contributed by atoms with E-state index in [4.69, 9.17) is 22.3 Å². The molecule has 3 aromatic heterocycles. The lowest BCUT2D eigenvalue weighted by atomic mass is 9.88. The van der Waals surface area contributed by atoms with Crippen LogP contribution in [0.1, 0.15) is 68.1 Å². The van der Waals surface area contributed by atoms with Crippen LogP contribution in [-0.2, 0) is 33.5 Å². The summed E-state index contributed by atoms with van der Waals surface area (Å²) in [5.74, 6) is -0.206. The molecule has 2 amide bonds. The van der Waals surface area contributed by atoms with Gasteiger partial charge in [0.25, 0.3) is 11.8 Å². The molecular weight excluding hydrogens is 594 g/mol. The van der Waals surface area contributed by atoms with E-state index >= 15 is 0 Å². The molecule has 2 atom stereocenters. The normalized spacial score (nSPS) is 17.5. The Labute approximate surface area is 266 Å². The number of imidazole rings is 2. The van der Waals surface area contributed by atoms with Crippen LogP contribution in [-0.4, -0.2) is 83.6 Å². The number of nitrogens with one attached hydrogen (secondary N) is 1. The highest BCUT2D eigenvalue weighted by Crippen LogP contribution is 2.41. The molecule has 5 heterocycles. The van der Waals surface area contributed by atoms with E-state index in [2.05, 4.69) is 25.1 Å².